The molecule has 4 aromatic rings. The summed E-state index contributed by atoms with van der Waals surface area (Å²) in [5.41, 5.74) is 0.781. The first-order chi connectivity index (χ1) is 24.3. The standard InChI is InChI=1S/C36H49N5O8S2/c1-7-25(4)34(41-21-33(43)40(36(41)45)19-27-23-50-32(37-27)22-48-5)35(44)38-30(17-26-11-9-8-10-12-26)31(42)20-39(18-24(2)3)51(46,47)29-15-13-28(49-6)14-16-29/h8-16,21,23-25,30-31,34,42-43H,7,17-20,22H2,1-6H3,(H,38,44)/t25-,30-,31+,34-/m0/s1. The van der Waals surface area contributed by atoms with Gasteiger partial charge in [-0.1, -0.05) is 64.4 Å². The van der Waals surface area contributed by atoms with Gasteiger partial charge in [0.05, 0.1) is 49.2 Å². The number of benzene rings is 2. The molecule has 0 bridgehead atoms. The van der Waals surface area contributed by atoms with Crippen LogP contribution in [0.5, 0.6) is 11.6 Å². The van der Waals surface area contributed by atoms with Crippen molar-refractivity contribution in [2.24, 2.45) is 11.8 Å². The molecular formula is C36H49N5O8S2. The third kappa shape index (κ3) is 10.1. The van der Waals surface area contributed by atoms with Gasteiger partial charge in [0.15, 0.2) is 0 Å². The third-order valence-electron chi connectivity index (χ3n) is 8.67. The Kier molecular flexibility index (Phi) is 14.0. The Balaban J connectivity index is 1.65. The summed E-state index contributed by atoms with van der Waals surface area (Å²) in [6.07, 6.45) is 0.625. The van der Waals surface area contributed by atoms with Crippen LogP contribution >= 0.6 is 11.3 Å². The van der Waals surface area contributed by atoms with Crippen molar-refractivity contribution in [2.45, 2.75) is 76.8 Å². The van der Waals surface area contributed by atoms with Crippen LogP contribution in [0.2, 0.25) is 0 Å². The second-order valence-electron chi connectivity index (χ2n) is 13.0. The molecule has 15 heteroatoms. The van der Waals surface area contributed by atoms with Crippen LogP contribution in [0.15, 0.2) is 75.9 Å². The number of aromatic hydroxyl groups is 1. The first-order valence-electron chi connectivity index (χ1n) is 16.9. The second kappa shape index (κ2) is 18.0. The predicted octanol–water partition coefficient (Wildman–Crippen LogP) is 4.04. The molecule has 2 heterocycles. The number of nitrogens with one attached hydrogen (secondary N) is 1. The van der Waals surface area contributed by atoms with E-state index >= 15 is 0 Å². The highest BCUT2D eigenvalue weighted by molar-refractivity contribution is 7.89. The van der Waals surface area contributed by atoms with Gasteiger partial charge < -0.3 is 25.0 Å². The van der Waals surface area contributed by atoms with Gasteiger partial charge >= 0.3 is 5.69 Å². The van der Waals surface area contributed by atoms with Crippen LogP contribution in [-0.4, -0.2) is 82.4 Å². The molecule has 278 valence electrons. The number of imidazole rings is 1. The normalized spacial score (nSPS) is 14.4. The molecule has 13 nitrogen and oxygen atoms in total. The molecule has 0 aliphatic heterocycles. The number of methoxy groups -OCH3 is 2. The minimum absolute atomic E-state index is 0.00354. The van der Waals surface area contributed by atoms with Gasteiger partial charge in [0.25, 0.3) is 0 Å². The minimum Gasteiger partial charge on any atom is -0.497 e. The van der Waals surface area contributed by atoms with Crippen molar-refractivity contribution in [2.75, 3.05) is 27.3 Å². The maximum absolute atomic E-state index is 14.3. The highest BCUT2D eigenvalue weighted by atomic mass is 32.2. The Morgan fingerprint density at radius 1 is 1.06 bits per heavy atom. The van der Waals surface area contributed by atoms with E-state index in [1.165, 1.54) is 45.6 Å². The van der Waals surface area contributed by atoms with E-state index in [-0.39, 0.29) is 48.7 Å². The van der Waals surface area contributed by atoms with E-state index in [0.717, 1.165) is 15.1 Å². The van der Waals surface area contributed by atoms with Crippen LogP contribution in [0, 0.1) is 11.8 Å². The molecule has 2 aromatic carbocycles. The first-order valence-corrected chi connectivity index (χ1v) is 19.2. The number of thiazole rings is 1. The fourth-order valence-electron chi connectivity index (χ4n) is 5.82. The van der Waals surface area contributed by atoms with Crippen molar-refractivity contribution < 1.29 is 32.9 Å². The Morgan fingerprint density at radius 3 is 2.35 bits per heavy atom. The molecule has 0 aliphatic rings. The average Bonchev–Trinajstić information content (AvgIpc) is 3.67. The number of carbonyl (C=O) groups excluding carboxylic acids is 1. The quantitative estimate of drug-likeness (QED) is 0.129. The third-order valence-corrected chi connectivity index (χ3v) is 11.4. The first kappa shape index (κ1) is 39.8. The number of aliphatic hydroxyl groups excluding tert-OH is 1. The van der Waals surface area contributed by atoms with Gasteiger partial charge in [-0.05, 0) is 48.1 Å². The van der Waals surface area contributed by atoms with E-state index in [1.807, 2.05) is 58.0 Å². The number of nitrogens with zero attached hydrogens (tertiary/aromatic N) is 4. The van der Waals surface area contributed by atoms with Crippen molar-refractivity contribution in [3.05, 3.63) is 92.9 Å². The van der Waals surface area contributed by atoms with Crippen LogP contribution in [-0.2, 0) is 39.1 Å². The summed E-state index contributed by atoms with van der Waals surface area (Å²) >= 11 is 1.38. The summed E-state index contributed by atoms with van der Waals surface area (Å²) in [6.45, 7) is 7.64. The van der Waals surface area contributed by atoms with E-state index < -0.39 is 39.8 Å². The molecule has 0 spiro atoms. The number of aliphatic hydroxyl groups is 1. The minimum atomic E-state index is -4.05. The van der Waals surface area contributed by atoms with Gasteiger partial charge in [0, 0.05) is 25.6 Å². The van der Waals surface area contributed by atoms with E-state index in [1.54, 1.807) is 24.6 Å². The van der Waals surface area contributed by atoms with Gasteiger partial charge in [-0.3, -0.25) is 13.9 Å². The summed E-state index contributed by atoms with van der Waals surface area (Å²) < 4.78 is 41.7. The van der Waals surface area contributed by atoms with Crippen molar-refractivity contribution in [1.29, 1.82) is 0 Å². The second-order valence-corrected chi connectivity index (χ2v) is 15.9. The van der Waals surface area contributed by atoms with Gasteiger partial charge in [0.1, 0.15) is 16.8 Å². The molecule has 0 fully saturated rings. The molecular weight excluding hydrogens is 695 g/mol. The Hall–Kier alpha value is -4.02. The molecule has 4 rings (SSSR count). The molecule has 0 unspecified atom stereocenters. The van der Waals surface area contributed by atoms with Gasteiger partial charge in [-0.25, -0.2) is 18.2 Å². The number of amides is 1. The lowest BCUT2D eigenvalue weighted by atomic mass is 9.96. The van der Waals surface area contributed by atoms with Crippen molar-refractivity contribution >= 4 is 27.3 Å². The lowest BCUT2D eigenvalue weighted by molar-refractivity contribution is -0.127. The van der Waals surface area contributed by atoms with E-state index in [0.29, 0.717) is 24.5 Å². The number of carbonyl (C=O) groups is 1. The molecule has 0 aliphatic carbocycles. The zero-order valence-electron chi connectivity index (χ0n) is 29.9. The van der Waals surface area contributed by atoms with Crippen LogP contribution in [0.4, 0.5) is 0 Å². The summed E-state index contributed by atoms with van der Waals surface area (Å²) in [5.74, 6) is -0.785. The maximum Gasteiger partial charge on any atom is 0.332 e. The van der Waals surface area contributed by atoms with E-state index in [9.17, 15) is 28.2 Å². The zero-order valence-corrected chi connectivity index (χ0v) is 31.6. The SMILES string of the molecule is CC[C@H](C)[C@@H](C(=O)N[C@@H](Cc1ccccc1)[C@H](O)CN(CC(C)C)S(=O)(=O)c1ccc(OC)cc1)n1cc(O)n(Cc2csc(COC)n2)c1=O. The fourth-order valence-corrected chi connectivity index (χ4v) is 8.20. The highest BCUT2D eigenvalue weighted by Crippen LogP contribution is 2.25. The topological polar surface area (TPSA) is 165 Å². The van der Waals surface area contributed by atoms with Crippen LogP contribution in [0.1, 0.15) is 56.4 Å². The number of aromatic nitrogens is 3. The summed E-state index contributed by atoms with van der Waals surface area (Å²) in [6, 6.07) is 13.3. The molecule has 0 radical (unpaired) electrons. The zero-order chi connectivity index (χ0) is 37.3. The number of rotatable bonds is 19. The predicted molar refractivity (Wildman–Crippen MR) is 195 cm³/mol. The summed E-state index contributed by atoms with van der Waals surface area (Å²) in [5, 5.41) is 28.1. The number of sulfonamides is 1. The lowest BCUT2D eigenvalue weighted by Crippen LogP contribution is -2.53. The average molecular weight is 744 g/mol. The van der Waals surface area contributed by atoms with Gasteiger partial charge in [-0.15, -0.1) is 11.3 Å². The van der Waals surface area contributed by atoms with Gasteiger partial charge in [0.2, 0.25) is 21.8 Å². The van der Waals surface area contributed by atoms with Crippen molar-refractivity contribution in [3.8, 4) is 11.6 Å². The van der Waals surface area contributed by atoms with Gasteiger partial charge in [-0.2, -0.15) is 4.31 Å². The molecule has 4 atom stereocenters. The number of hydrogen-bond donors (Lipinski definition) is 3. The molecule has 3 N–H and O–H groups in total. The maximum atomic E-state index is 14.3. The monoisotopic (exact) mass is 743 g/mol. The highest BCUT2D eigenvalue weighted by Gasteiger charge is 2.35. The van der Waals surface area contributed by atoms with Crippen molar-refractivity contribution in [1.82, 2.24) is 23.7 Å². The Labute approximate surface area is 303 Å². The molecule has 0 saturated heterocycles. The fraction of sp³-hybridized carbons (Fsp3) is 0.472. The number of ether oxygens (including phenoxy) is 2. The number of hydrogen-bond acceptors (Lipinski definition) is 10. The van der Waals surface area contributed by atoms with Crippen molar-refractivity contribution in [3.63, 3.8) is 0 Å². The van der Waals surface area contributed by atoms with E-state index in [2.05, 4.69) is 10.3 Å². The smallest absolute Gasteiger partial charge is 0.332 e. The molecule has 2 aromatic heterocycles. The van der Waals surface area contributed by atoms with Crippen LogP contribution in [0.3, 0.4) is 0 Å². The Morgan fingerprint density at radius 2 is 1.75 bits per heavy atom. The van der Waals surface area contributed by atoms with Crippen LogP contribution in [0.25, 0.3) is 0 Å². The molecule has 0 saturated carbocycles. The largest absolute Gasteiger partial charge is 0.497 e. The lowest BCUT2D eigenvalue weighted by Gasteiger charge is -2.32. The summed E-state index contributed by atoms with van der Waals surface area (Å²) in [4.78, 5) is 32.5. The van der Waals surface area contributed by atoms with Crippen LogP contribution < -0.4 is 15.7 Å². The molecule has 1 amide bonds. The van der Waals surface area contributed by atoms with E-state index in [4.69, 9.17) is 9.47 Å². The molecule has 51 heavy (non-hydrogen) atoms. The summed E-state index contributed by atoms with van der Waals surface area (Å²) in [7, 11) is -0.989. The Bertz CT molecular complexity index is 1870.